The quantitative estimate of drug-likeness (QED) is 0.0707. The van der Waals surface area contributed by atoms with E-state index in [-0.39, 0.29) is 12.2 Å². The first-order valence-corrected chi connectivity index (χ1v) is 20.4. The van der Waals surface area contributed by atoms with Crippen LogP contribution in [0.4, 0.5) is 14.4 Å². The summed E-state index contributed by atoms with van der Waals surface area (Å²) in [5.41, 5.74) is -1.12. The minimum absolute atomic E-state index is 0.239. The second-order valence-corrected chi connectivity index (χ2v) is 16.3. The van der Waals surface area contributed by atoms with Gasteiger partial charge in [0.15, 0.2) is 11.8 Å². The van der Waals surface area contributed by atoms with Gasteiger partial charge in [-0.15, -0.1) is 0 Å². The van der Waals surface area contributed by atoms with Crippen LogP contribution < -0.4 is 11.2 Å². The van der Waals surface area contributed by atoms with E-state index in [1.165, 1.54) is 41.5 Å². The number of rotatable bonds is 20. The predicted molar refractivity (Wildman–Crippen MR) is 192 cm³/mol. The number of aliphatic hydroxyl groups is 2. The molecule has 4 rings (SSSR count). The van der Waals surface area contributed by atoms with E-state index in [4.69, 9.17) is 45.9 Å². The van der Waals surface area contributed by atoms with Crippen molar-refractivity contribution in [2.24, 2.45) is 0 Å². The van der Waals surface area contributed by atoms with Gasteiger partial charge in [0.1, 0.15) is 24.0 Å². The molecule has 3 heterocycles. The smallest absolute Gasteiger partial charge is 0.432 e. The summed E-state index contributed by atoms with van der Waals surface area (Å²) in [5.74, 6) is 0. The highest BCUT2D eigenvalue weighted by atomic mass is 31.3. The van der Waals surface area contributed by atoms with Crippen molar-refractivity contribution in [3.05, 3.63) is 63.1 Å². The van der Waals surface area contributed by atoms with Crippen molar-refractivity contribution in [1.29, 1.82) is 0 Å². The molecule has 0 saturated carbocycles. The van der Waals surface area contributed by atoms with E-state index in [2.05, 4.69) is 19.4 Å². The number of para-hydroxylation sites is 1. The highest BCUT2D eigenvalue weighted by Gasteiger charge is 2.48. The Morgan fingerprint density at radius 3 is 1.80 bits per heavy atom. The van der Waals surface area contributed by atoms with Gasteiger partial charge in [-0.25, -0.2) is 41.9 Å². The lowest BCUT2D eigenvalue weighted by Gasteiger charge is -2.24. The maximum absolute atomic E-state index is 14.0. The highest BCUT2D eigenvalue weighted by Crippen LogP contribution is 2.66. The highest BCUT2D eigenvalue weighted by molar-refractivity contribution is 7.62. The lowest BCUT2D eigenvalue weighted by molar-refractivity contribution is -0.0625. The number of aliphatic hydroxyl groups excluding tert-OH is 2. The average molecular weight is 884 g/mol. The predicted octanol–water partition coefficient (Wildman–Crippen LogP) is 3.68. The third-order valence-electron chi connectivity index (χ3n) is 7.22. The first kappa shape index (κ1) is 47.0. The standard InChI is InChI=1S/C32H43N3O22P2/c1-18(2)52-30(40)45-15-49-58(43,57-59(44,50-16-46-31(41)53-19(3)4)51-17-47-32(42)54-20(5)6)48-14-24-26(37)27(38)28(55-24)34-12-11-25(36)35(29(34)39)13-22-21-9-7-8-10-23(21)56-33-22/h7-12,18-20,24,26-28,37-38H,13-17H2,1-6H3/t24-,26+,27?,28-,58?/m1/s1. The number of phosphoric acid groups is 2. The summed E-state index contributed by atoms with van der Waals surface area (Å²) in [6.45, 7) is 3.74. The average Bonchev–Trinajstić information content (AvgIpc) is 3.67. The van der Waals surface area contributed by atoms with Crippen LogP contribution in [0.15, 0.2) is 50.6 Å². The third kappa shape index (κ3) is 13.7. The Morgan fingerprint density at radius 1 is 0.763 bits per heavy atom. The van der Waals surface area contributed by atoms with Gasteiger partial charge in [0.25, 0.3) is 5.56 Å². The number of ether oxygens (including phenoxy) is 7. The second-order valence-electron chi connectivity index (χ2n) is 12.8. The molecule has 2 N–H and O–H groups in total. The van der Waals surface area contributed by atoms with Gasteiger partial charge in [-0.05, 0) is 53.7 Å². The van der Waals surface area contributed by atoms with Crippen LogP contribution in [0.3, 0.4) is 0 Å². The minimum atomic E-state index is -5.46. The fourth-order valence-corrected chi connectivity index (χ4v) is 7.48. The molecule has 0 bridgehead atoms. The van der Waals surface area contributed by atoms with Crippen LogP contribution in [-0.2, 0) is 71.2 Å². The molecule has 25 nitrogen and oxygen atoms in total. The molecule has 1 fully saturated rings. The molecule has 2 aromatic heterocycles. The zero-order valence-electron chi connectivity index (χ0n) is 32.3. The van der Waals surface area contributed by atoms with Crippen LogP contribution in [0, 0.1) is 0 Å². The molecule has 5 atom stereocenters. The Morgan fingerprint density at radius 2 is 1.27 bits per heavy atom. The van der Waals surface area contributed by atoms with Crippen molar-refractivity contribution < 1.29 is 93.8 Å². The zero-order chi connectivity index (χ0) is 43.5. The molecule has 1 aliphatic heterocycles. The lowest BCUT2D eigenvalue weighted by atomic mass is 10.1. The van der Waals surface area contributed by atoms with E-state index in [9.17, 15) is 43.3 Å². The maximum atomic E-state index is 14.0. The molecule has 27 heteroatoms. The first-order valence-electron chi connectivity index (χ1n) is 17.5. The van der Waals surface area contributed by atoms with Crippen LogP contribution >= 0.6 is 15.6 Å². The first-order chi connectivity index (χ1) is 27.8. The Balaban J connectivity index is 1.55. The number of fused-ring (bicyclic) bond motifs is 1. The Bertz CT molecular complexity index is 2080. The van der Waals surface area contributed by atoms with Gasteiger partial charge in [-0.2, -0.15) is 4.31 Å². The number of nitrogens with zero attached hydrogens (tertiary/aromatic N) is 3. The summed E-state index contributed by atoms with van der Waals surface area (Å²) in [7, 11) is -10.9. The normalized spacial score (nSPS) is 19.2. The molecule has 3 aromatic rings. The molecule has 0 radical (unpaired) electrons. The van der Waals surface area contributed by atoms with E-state index in [0.717, 1.165) is 21.4 Å². The van der Waals surface area contributed by atoms with Gasteiger partial charge in [-0.3, -0.25) is 18.5 Å². The summed E-state index contributed by atoms with van der Waals surface area (Å²) < 4.78 is 93.5. The maximum Gasteiger partial charge on any atom is 0.510 e. The molecular formula is C32H43N3O22P2. The van der Waals surface area contributed by atoms with Gasteiger partial charge in [0.05, 0.1) is 31.5 Å². The number of benzene rings is 1. The molecule has 0 amide bonds. The van der Waals surface area contributed by atoms with E-state index >= 15 is 0 Å². The van der Waals surface area contributed by atoms with E-state index < -0.39 is 115 Å². The summed E-state index contributed by atoms with van der Waals surface area (Å²) >= 11 is 0. The molecule has 2 unspecified atom stereocenters. The summed E-state index contributed by atoms with van der Waals surface area (Å²) in [4.78, 5) is 62.1. The number of carbonyl (C=O) groups excluding carboxylic acids is 3. The summed E-state index contributed by atoms with van der Waals surface area (Å²) in [6, 6.07) is 7.69. The Labute approximate surface area is 334 Å². The van der Waals surface area contributed by atoms with Gasteiger partial charge in [-0.1, -0.05) is 17.3 Å². The van der Waals surface area contributed by atoms with Crippen LogP contribution in [0.25, 0.3) is 11.0 Å². The second kappa shape index (κ2) is 21.0. The van der Waals surface area contributed by atoms with Crippen LogP contribution in [-0.4, -0.2) is 107 Å². The van der Waals surface area contributed by atoms with Crippen molar-refractivity contribution in [3.63, 3.8) is 0 Å². The van der Waals surface area contributed by atoms with E-state index in [1.807, 2.05) is 0 Å². The number of aromatic nitrogens is 3. The fourth-order valence-electron chi connectivity index (χ4n) is 4.72. The van der Waals surface area contributed by atoms with Crippen molar-refractivity contribution >= 4 is 45.1 Å². The largest absolute Gasteiger partial charge is 0.510 e. The third-order valence-corrected chi connectivity index (χ3v) is 10.6. The van der Waals surface area contributed by atoms with Crippen LogP contribution in [0.5, 0.6) is 0 Å². The Kier molecular flexibility index (Phi) is 16.7. The topological polar surface area (TPSA) is 307 Å². The van der Waals surface area contributed by atoms with Gasteiger partial charge in [0, 0.05) is 17.6 Å². The minimum Gasteiger partial charge on any atom is -0.432 e. The van der Waals surface area contributed by atoms with Gasteiger partial charge >= 0.3 is 39.8 Å². The Hall–Kier alpha value is -4.68. The number of hydrogen-bond donors (Lipinski definition) is 2. The summed E-state index contributed by atoms with van der Waals surface area (Å²) in [6.07, 6.45) is -12.1. The van der Waals surface area contributed by atoms with Crippen LogP contribution in [0.2, 0.25) is 0 Å². The summed E-state index contributed by atoms with van der Waals surface area (Å²) in [5, 5.41) is 26.3. The fraction of sp³-hybridized carbons (Fsp3) is 0.562. The van der Waals surface area contributed by atoms with Crippen molar-refractivity contribution in [3.8, 4) is 0 Å². The molecule has 328 valence electrons. The monoisotopic (exact) mass is 883 g/mol. The number of hydrogen-bond acceptors (Lipinski definition) is 23. The van der Waals surface area contributed by atoms with Crippen LogP contribution in [0.1, 0.15) is 53.5 Å². The number of carbonyl (C=O) groups is 3. The van der Waals surface area contributed by atoms with Gasteiger partial charge in [0.2, 0.25) is 20.4 Å². The molecule has 59 heavy (non-hydrogen) atoms. The van der Waals surface area contributed by atoms with Crippen molar-refractivity contribution in [2.45, 2.75) is 90.9 Å². The molecule has 1 aromatic carbocycles. The van der Waals surface area contributed by atoms with Crippen molar-refractivity contribution in [1.82, 2.24) is 14.3 Å². The zero-order valence-corrected chi connectivity index (χ0v) is 34.1. The molecule has 1 saturated heterocycles. The molecule has 0 spiro atoms. The molecule has 0 aliphatic carbocycles. The molecular weight excluding hydrogens is 840 g/mol. The lowest BCUT2D eigenvalue weighted by Crippen LogP contribution is -2.43. The SMILES string of the molecule is CC(C)OC(=O)OCOP(=O)(OCOC(=O)OC(C)C)OP(=O)(OCOC(=O)OC(C)C)OC[C@H]1O[C@@H](n2ccc(=O)n(Cc3noc4ccccc34)c2=O)C(O)[C@H]1O. The number of phosphoric ester groups is 2. The molecule has 1 aliphatic rings. The van der Waals surface area contributed by atoms with Crippen molar-refractivity contribution in [2.75, 3.05) is 27.0 Å². The van der Waals surface area contributed by atoms with Gasteiger partial charge < -0.3 is 47.9 Å². The van der Waals surface area contributed by atoms with E-state index in [1.54, 1.807) is 24.3 Å². The van der Waals surface area contributed by atoms with E-state index in [0.29, 0.717) is 11.0 Å².